The Balaban J connectivity index is 1.89. The highest BCUT2D eigenvalue weighted by atomic mass is 16.4. The number of aryl methyl sites for hydroxylation is 1. The van der Waals surface area contributed by atoms with E-state index < -0.39 is 5.97 Å². The molecule has 22 heavy (non-hydrogen) atoms. The maximum atomic E-state index is 11.9. The molecule has 116 valence electrons. The van der Waals surface area contributed by atoms with Crippen LogP contribution in [0, 0.1) is 0 Å². The second-order valence-corrected chi connectivity index (χ2v) is 4.96. The fourth-order valence-corrected chi connectivity index (χ4v) is 1.96. The van der Waals surface area contributed by atoms with E-state index in [1.54, 1.807) is 0 Å². The van der Waals surface area contributed by atoms with Crippen molar-refractivity contribution in [1.29, 1.82) is 0 Å². The summed E-state index contributed by atoms with van der Waals surface area (Å²) in [6.07, 6.45) is 4.54. The van der Waals surface area contributed by atoms with Crippen LogP contribution >= 0.6 is 0 Å². The summed E-state index contributed by atoms with van der Waals surface area (Å²) in [5.41, 5.74) is 1.75. The third kappa shape index (κ3) is 4.41. The van der Waals surface area contributed by atoms with Crippen molar-refractivity contribution in [2.75, 3.05) is 5.32 Å². The van der Waals surface area contributed by atoms with Gasteiger partial charge in [-0.25, -0.2) is 9.48 Å². The molecule has 0 aliphatic carbocycles. The number of carbonyl (C=O) groups is 2. The van der Waals surface area contributed by atoms with Crippen LogP contribution in [0.25, 0.3) is 0 Å². The number of carboxylic acid groups (broad SMARTS) is 1. The number of nitrogens with one attached hydrogen (secondary N) is 1. The minimum absolute atomic E-state index is 0.0855. The van der Waals surface area contributed by atoms with Crippen LogP contribution in [0.2, 0.25) is 0 Å². The van der Waals surface area contributed by atoms with Crippen molar-refractivity contribution in [3.63, 3.8) is 0 Å². The first kappa shape index (κ1) is 15.7. The third-order valence-electron chi connectivity index (χ3n) is 3.12. The minimum Gasteiger partial charge on any atom is -0.476 e. The first-order valence-corrected chi connectivity index (χ1v) is 7.10. The van der Waals surface area contributed by atoms with E-state index in [4.69, 9.17) is 5.11 Å². The van der Waals surface area contributed by atoms with Crippen LogP contribution in [0.3, 0.4) is 0 Å². The topological polar surface area (TPSA) is 97.1 Å². The Bertz CT molecular complexity index is 649. The van der Waals surface area contributed by atoms with Crippen molar-refractivity contribution < 1.29 is 14.7 Å². The van der Waals surface area contributed by atoms with Gasteiger partial charge in [0.25, 0.3) is 0 Å². The molecule has 1 heterocycles. The average molecular weight is 302 g/mol. The summed E-state index contributed by atoms with van der Waals surface area (Å²) in [4.78, 5) is 22.6. The number of nitrogens with zero attached hydrogens (tertiary/aromatic N) is 3. The van der Waals surface area contributed by atoms with Gasteiger partial charge in [0.1, 0.15) is 6.54 Å². The average Bonchev–Trinajstić information content (AvgIpc) is 2.95. The number of hydrogen-bond donors (Lipinski definition) is 2. The second kappa shape index (κ2) is 7.35. The van der Waals surface area contributed by atoms with Gasteiger partial charge in [-0.2, -0.15) is 0 Å². The normalized spacial score (nSPS) is 10.4. The first-order valence-electron chi connectivity index (χ1n) is 7.10. The predicted molar refractivity (Wildman–Crippen MR) is 80.7 cm³/mol. The maximum absolute atomic E-state index is 11.9. The van der Waals surface area contributed by atoms with E-state index in [1.165, 1.54) is 16.4 Å². The van der Waals surface area contributed by atoms with Crippen molar-refractivity contribution in [1.82, 2.24) is 15.0 Å². The van der Waals surface area contributed by atoms with Crippen LogP contribution in [0.1, 0.15) is 35.8 Å². The van der Waals surface area contributed by atoms with E-state index in [0.717, 1.165) is 19.3 Å². The lowest BCUT2D eigenvalue weighted by Crippen LogP contribution is -2.19. The van der Waals surface area contributed by atoms with Crippen molar-refractivity contribution >= 4 is 17.6 Å². The highest BCUT2D eigenvalue weighted by Crippen LogP contribution is 2.11. The number of carboxylic acids is 1. The molecule has 0 unspecified atom stereocenters. The molecular weight excluding hydrogens is 284 g/mol. The molecule has 2 rings (SSSR count). The van der Waals surface area contributed by atoms with E-state index >= 15 is 0 Å². The summed E-state index contributed by atoms with van der Waals surface area (Å²) >= 11 is 0. The lowest BCUT2D eigenvalue weighted by Gasteiger charge is -2.06. The van der Waals surface area contributed by atoms with Gasteiger partial charge in [-0.3, -0.25) is 4.79 Å². The molecule has 0 aliphatic heterocycles. The zero-order valence-corrected chi connectivity index (χ0v) is 12.3. The van der Waals surface area contributed by atoms with Gasteiger partial charge in [-0.1, -0.05) is 30.7 Å². The molecule has 0 atom stereocenters. The summed E-state index contributed by atoms with van der Waals surface area (Å²) in [5, 5.41) is 18.5. The summed E-state index contributed by atoms with van der Waals surface area (Å²) < 4.78 is 1.19. The number of benzene rings is 1. The van der Waals surface area contributed by atoms with Gasteiger partial charge in [-0.05, 0) is 30.5 Å². The van der Waals surface area contributed by atoms with Gasteiger partial charge in [0, 0.05) is 5.69 Å². The molecule has 0 fully saturated rings. The number of hydrogen-bond acceptors (Lipinski definition) is 4. The van der Waals surface area contributed by atoms with Crippen molar-refractivity contribution in [2.24, 2.45) is 0 Å². The van der Waals surface area contributed by atoms with Crippen LogP contribution in [0.5, 0.6) is 0 Å². The van der Waals surface area contributed by atoms with Gasteiger partial charge in [-0.15, -0.1) is 5.10 Å². The third-order valence-corrected chi connectivity index (χ3v) is 3.12. The highest BCUT2D eigenvalue weighted by Gasteiger charge is 2.10. The van der Waals surface area contributed by atoms with Gasteiger partial charge in [0.15, 0.2) is 5.69 Å². The molecule has 2 N–H and O–H groups in total. The van der Waals surface area contributed by atoms with E-state index in [1.807, 2.05) is 24.3 Å². The maximum Gasteiger partial charge on any atom is 0.358 e. The quantitative estimate of drug-likeness (QED) is 0.815. The van der Waals surface area contributed by atoms with Crippen LogP contribution in [0.4, 0.5) is 5.69 Å². The lowest BCUT2D eigenvalue weighted by molar-refractivity contribution is -0.116. The Hall–Kier alpha value is -2.70. The summed E-state index contributed by atoms with van der Waals surface area (Å²) in [7, 11) is 0. The number of aromatic nitrogens is 3. The highest BCUT2D eigenvalue weighted by molar-refractivity contribution is 5.90. The molecule has 0 spiro atoms. The standard InChI is InChI=1S/C15H18N4O3/c1-2-3-4-11-5-7-12(8-6-11)16-14(20)10-19-9-13(15(21)22)17-18-19/h5-9H,2-4,10H2,1H3,(H,16,20)(H,21,22). The SMILES string of the molecule is CCCCc1ccc(NC(=O)Cn2cc(C(=O)O)nn2)cc1. The molecule has 2 aromatic rings. The number of amides is 1. The summed E-state index contributed by atoms with van der Waals surface area (Å²) in [6.45, 7) is 2.06. The van der Waals surface area contributed by atoms with E-state index in [9.17, 15) is 9.59 Å². The molecule has 7 heteroatoms. The molecule has 1 aromatic carbocycles. The molecule has 7 nitrogen and oxygen atoms in total. The van der Waals surface area contributed by atoms with E-state index in [2.05, 4.69) is 22.6 Å². The van der Waals surface area contributed by atoms with Gasteiger partial charge >= 0.3 is 5.97 Å². The van der Waals surface area contributed by atoms with Gasteiger partial charge < -0.3 is 10.4 Å². The molecule has 0 aliphatic rings. The van der Waals surface area contributed by atoms with Crippen LogP contribution < -0.4 is 5.32 Å². The van der Waals surface area contributed by atoms with Gasteiger partial charge in [0.2, 0.25) is 5.91 Å². The first-order chi connectivity index (χ1) is 10.6. The molecule has 0 radical (unpaired) electrons. The number of carbonyl (C=O) groups excluding carboxylic acids is 1. The molecule has 1 amide bonds. The number of aromatic carboxylic acids is 1. The lowest BCUT2D eigenvalue weighted by atomic mass is 10.1. The van der Waals surface area contributed by atoms with E-state index in [-0.39, 0.29) is 18.1 Å². The zero-order chi connectivity index (χ0) is 15.9. The fourth-order valence-electron chi connectivity index (χ4n) is 1.96. The second-order valence-electron chi connectivity index (χ2n) is 4.96. The summed E-state index contributed by atoms with van der Waals surface area (Å²) in [6, 6.07) is 7.69. The van der Waals surface area contributed by atoms with Gasteiger partial charge in [0.05, 0.1) is 6.20 Å². The Labute approximate surface area is 128 Å². The van der Waals surface area contributed by atoms with Crippen molar-refractivity contribution in [3.8, 4) is 0 Å². The number of rotatable bonds is 7. The molecule has 0 saturated heterocycles. The van der Waals surface area contributed by atoms with Crippen LogP contribution in [-0.4, -0.2) is 32.0 Å². The Morgan fingerprint density at radius 3 is 2.59 bits per heavy atom. The monoisotopic (exact) mass is 302 g/mol. The Kier molecular flexibility index (Phi) is 5.24. The largest absolute Gasteiger partial charge is 0.476 e. The van der Waals surface area contributed by atoms with Crippen molar-refractivity contribution in [2.45, 2.75) is 32.7 Å². The number of anilines is 1. The molecule has 0 saturated carbocycles. The molecule has 0 bridgehead atoms. The zero-order valence-electron chi connectivity index (χ0n) is 12.3. The smallest absolute Gasteiger partial charge is 0.358 e. The number of unbranched alkanes of at least 4 members (excludes halogenated alkanes) is 1. The Morgan fingerprint density at radius 2 is 2.00 bits per heavy atom. The minimum atomic E-state index is -1.17. The fraction of sp³-hybridized carbons (Fsp3) is 0.333. The van der Waals surface area contributed by atoms with Crippen LogP contribution in [0.15, 0.2) is 30.5 Å². The predicted octanol–water partition coefficient (Wildman–Crippen LogP) is 1.96. The van der Waals surface area contributed by atoms with E-state index in [0.29, 0.717) is 5.69 Å². The summed E-state index contributed by atoms with van der Waals surface area (Å²) in [5.74, 6) is -1.46. The molecule has 1 aromatic heterocycles. The van der Waals surface area contributed by atoms with Crippen molar-refractivity contribution in [3.05, 3.63) is 41.7 Å². The van der Waals surface area contributed by atoms with Crippen LogP contribution in [-0.2, 0) is 17.8 Å². The Morgan fingerprint density at radius 1 is 1.27 bits per heavy atom. The molecular formula is C15H18N4O3.